The number of anilines is 1. The Morgan fingerprint density at radius 3 is 2.50 bits per heavy atom. The van der Waals surface area contributed by atoms with Crippen LogP contribution < -0.4 is 4.72 Å². The van der Waals surface area contributed by atoms with Crippen LogP contribution in [0.2, 0.25) is 0 Å². The summed E-state index contributed by atoms with van der Waals surface area (Å²) in [6.45, 7) is -0.163. The summed E-state index contributed by atoms with van der Waals surface area (Å²) < 4.78 is 27.1. The second kappa shape index (κ2) is 5.71. The lowest BCUT2D eigenvalue weighted by atomic mass is 10.0. The van der Waals surface area contributed by atoms with E-state index in [1.807, 2.05) is 0 Å². The van der Waals surface area contributed by atoms with Crippen molar-refractivity contribution in [3.63, 3.8) is 0 Å². The van der Waals surface area contributed by atoms with E-state index in [1.54, 1.807) is 24.3 Å². The van der Waals surface area contributed by atoms with Gasteiger partial charge in [0.1, 0.15) is 0 Å². The Morgan fingerprint density at radius 1 is 1.17 bits per heavy atom. The number of para-hydroxylation sites is 1. The lowest BCUT2D eigenvalue weighted by Gasteiger charge is -2.23. The van der Waals surface area contributed by atoms with Crippen LogP contribution >= 0.6 is 0 Å². The summed E-state index contributed by atoms with van der Waals surface area (Å²) in [5, 5.41) is 8.90. The molecule has 0 radical (unpaired) electrons. The summed E-state index contributed by atoms with van der Waals surface area (Å²) in [4.78, 5) is 0. The van der Waals surface area contributed by atoms with Crippen LogP contribution in [0.5, 0.6) is 0 Å². The predicted octanol–water partition coefficient (Wildman–Crippen LogP) is 2.25. The molecule has 100 valence electrons. The first kappa shape index (κ1) is 13.4. The summed E-state index contributed by atoms with van der Waals surface area (Å²) in [6, 6.07) is 6.95. The molecule has 0 spiro atoms. The highest BCUT2D eigenvalue weighted by molar-refractivity contribution is 7.93. The van der Waals surface area contributed by atoms with Gasteiger partial charge in [0, 0.05) is 5.56 Å². The first-order valence-corrected chi connectivity index (χ1v) is 7.88. The van der Waals surface area contributed by atoms with E-state index < -0.39 is 10.0 Å². The van der Waals surface area contributed by atoms with Crippen LogP contribution in [0.25, 0.3) is 0 Å². The van der Waals surface area contributed by atoms with Crippen molar-refractivity contribution in [3.8, 4) is 0 Å². The van der Waals surface area contributed by atoms with E-state index in [-0.39, 0.29) is 11.9 Å². The zero-order valence-electron chi connectivity index (χ0n) is 10.3. The van der Waals surface area contributed by atoms with Gasteiger partial charge in [0.05, 0.1) is 17.5 Å². The van der Waals surface area contributed by atoms with E-state index in [4.69, 9.17) is 0 Å². The molecule has 0 amide bonds. The maximum atomic E-state index is 12.2. The van der Waals surface area contributed by atoms with E-state index >= 15 is 0 Å². The SMILES string of the molecule is O=S(=O)(Nc1ccccc1CO)C1CCCCC1. The first-order valence-electron chi connectivity index (χ1n) is 6.34. The summed E-state index contributed by atoms with van der Waals surface area (Å²) in [5.41, 5.74) is 1.10. The van der Waals surface area contributed by atoms with Gasteiger partial charge in [-0.15, -0.1) is 0 Å². The molecule has 5 heteroatoms. The number of benzene rings is 1. The normalized spacial score (nSPS) is 17.6. The highest BCUT2D eigenvalue weighted by Crippen LogP contribution is 2.26. The second-order valence-corrected chi connectivity index (χ2v) is 6.68. The van der Waals surface area contributed by atoms with Gasteiger partial charge in [-0.2, -0.15) is 0 Å². The fourth-order valence-corrected chi connectivity index (χ4v) is 4.00. The standard InChI is InChI=1S/C13H19NO3S/c15-10-11-6-4-5-9-13(11)14-18(16,17)12-7-2-1-3-8-12/h4-6,9,12,14-15H,1-3,7-8,10H2. The molecule has 0 saturated heterocycles. The molecule has 0 aromatic heterocycles. The van der Waals surface area contributed by atoms with Gasteiger partial charge in [0.15, 0.2) is 0 Å². The van der Waals surface area contributed by atoms with Crippen molar-refractivity contribution in [2.24, 2.45) is 0 Å². The molecule has 1 fully saturated rings. The molecular formula is C13H19NO3S. The fraction of sp³-hybridized carbons (Fsp3) is 0.538. The quantitative estimate of drug-likeness (QED) is 0.881. The molecule has 1 aromatic carbocycles. The highest BCUT2D eigenvalue weighted by atomic mass is 32.2. The number of sulfonamides is 1. The number of rotatable bonds is 4. The molecule has 2 rings (SSSR count). The van der Waals surface area contributed by atoms with Crippen LogP contribution in [0.4, 0.5) is 5.69 Å². The van der Waals surface area contributed by atoms with Gasteiger partial charge in [-0.05, 0) is 18.9 Å². The minimum absolute atomic E-state index is 0.163. The minimum atomic E-state index is -3.33. The third-order valence-corrected chi connectivity index (χ3v) is 5.28. The maximum absolute atomic E-state index is 12.2. The van der Waals surface area contributed by atoms with Crippen molar-refractivity contribution in [1.29, 1.82) is 0 Å². The van der Waals surface area contributed by atoms with E-state index in [9.17, 15) is 13.5 Å². The highest BCUT2D eigenvalue weighted by Gasteiger charge is 2.27. The molecule has 4 nitrogen and oxygen atoms in total. The molecule has 0 bridgehead atoms. The Kier molecular flexibility index (Phi) is 4.24. The predicted molar refractivity (Wildman–Crippen MR) is 71.8 cm³/mol. The number of hydrogen-bond acceptors (Lipinski definition) is 3. The molecule has 0 heterocycles. The second-order valence-electron chi connectivity index (χ2n) is 4.72. The molecule has 1 aliphatic rings. The average Bonchev–Trinajstić information content (AvgIpc) is 2.40. The van der Waals surface area contributed by atoms with Crippen molar-refractivity contribution in [2.45, 2.75) is 44.0 Å². The Morgan fingerprint density at radius 2 is 1.83 bits per heavy atom. The van der Waals surface area contributed by atoms with Crippen molar-refractivity contribution < 1.29 is 13.5 Å². The molecular weight excluding hydrogens is 250 g/mol. The zero-order chi connectivity index (χ0) is 13.0. The minimum Gasteiger partial charge on any atom is -0.392 e. The van der Waals surface area contributed by atoms with Gasteiger partial charge in [-0.25, -0.2) is 8.42 Å². The number of nitrogens with one attached hydrogen (secondary N) is 1. The lowest BCUT2D eigenvalue weighted by Crippen LogP contribution is -2.30. The van der Waals surface area contributed by atoms with Crippen LogP contribution in [0.15, 0.2) is 24.3 Å². The van der Waals surface area contributed by atoms with E-state index in [0.717, 1.165) is 32.1 Å². The number of hydrogen-bond donors (Lipinski definition) is 2. The summed E-state index contributed by atoms with van der Waals surface area (Å²) in [5.74, 6) is 0. The topological polar surface area (TPSA) is 66.4 Å². The maximum Gasteiger partial charge on any atom is 0.235 e. The van der Waals surface area contributed by atoms with Crippen molar-refractivity contribution in [3.05, 3.63) is 29.8 Å². The molecule has 18 heavy (non-hydrogen) atoms. The fourth-order valence-electron chi connectivity index (χ4n) is 2.37. The van der Waals surface area contributed by atoms with E-state index in [2.05, 4.69) is 4.72 Å². The molecule has 2 N–H and O–H groups in total. The zero-order valence-corrected chi connectivity index (χ0v) is 11.1. The summed E-state index contributed by atoms with van der Waals surface area (Å²) in [7, 11) is -3.33. The Balaban J connectivity index is 2.16. The summed E-state index contributed by atoms with van der Waals surface area (Å²) in [6.07, 6.45) is 4.55. The van der Waals surface area contributed by atoms with Gasteiger partial charge in [-0.3, -0.25) is 4.72 Å². The average molecular weight is 269 g/mol. The van der Waals surface area contributed by atoms with E-state index in [1.165, 1.54) is 0 Å². The molecule has 1 aromatic rings. The van der Waals surface area contributed by atoms with Crippen molar-refractivity contribution in [2.75, 3.05) is 4.72 Å². The third kappa shape index (κ3) is 3.03. The molecule has 0 atom stereocenters. The van der Waals surface area contributed by atoms with Gasteiger partial charge in [-0.1, -0.05) is 37.5 Å². The third-order valence-electron chi connectivity index (χ3n) is 3.43. The molecule has 1 aliphatic carbocycles. The Hall–Kier alpha value is -1.07. The molecule has 1 saturated carbocycles. The first-order chi connectivity index (χ1) is 8.63. The molecule has 0 aliphatic heterocycles. The number of aliphatic hydroxyl groups is 1. The van der Waals surface area contributed by atoms with Crippen molar-refractivity contribution >= 4 is 15.7 Å². The van der Waals surface area contributed by atoms with Crippen LogP contribution in [0.1, 0.15) is 37.7 Å². The van der Waals surface area contributed by atoms with Crippen molar-refractivity contribution in [1.82, 2.24) is 0 Å². The Bertz CT molecular complexity index is 493. The Labute approximate surface area is 108 Å². The van der Waals surface area contributed by atoms with Gasteiger partial charge in [0.25, 0.3) is 0 Å². The van der Waals surface area contributed by atoms with Gasteiger partial charge < -0.3 is 5.11 Å². The van der Waals surface area contributed by atoms with Crippen LogP contribution in [-0.4, -0.2) is 18.8 Å². The largest absolute Gasteiger partial charge is 0.392 e. The van der Waals surface area contributed by atoms with Crippen LogP contribution in [0.3, 0.4) is 0 Å². The van der Waals surface area contributed by atoms with Gasteiger partial charge >= 0.3 is 0 Å². The monoisotopic (exact) mass is 269 g/mol. The van der Waals surface area contributed by atoms with Crippen LogP contribution in [0, 0.1) is 0 Å². The smallest absolute Gasteiger partial charge is 0.235 e. The number of aliphatic hydroxyl groups excluding tert-OH is 1. The lowest BCUT2D eigenvalue weighted by molar-refractivity contribution is 0.282. The van der Waals surface area contributed by atoms with Crippen LogP contribution in [-0.2, 0) is 16.6 Å². The van der Waals surface area contributed by atoms with Gasteiger partial charge in [0.2, 0.25) is 10.0 Å². The summed E-state index contributed by atoms with van der Waals surface area (Å²) >= 11 is 0. The van der Waals surface area contributed by atoms with E-state index in [0.29, 0.717) is 11.3 Å². The molecule has 0 unspecified atom stereocenters.